The van der Waals surface area contributed by atoms with Crippen molar-refractivity contribution in [3.8, 4) is 5.75 Å². The third-order valence-electron chi connectivity index (χ3n) is 4.85. The third kappa shape index (κ3) is 7.97. The summed E-state index contributed by atoms with van der Waals surface area (Å²) in [6, 6.07) is 17.4. The Labute approximate surface area is 199 Å². The lowest BCUT2D eigenvalue weighted by atomic mass is 10.2. The first-order chi connectivity index (χ1) is 15.8. The summed E-state index contributed by atoms with van der Waals surface area (Å²) >= 11 is 1.59. The number of sulfonamides is 1. The average Bonchev–Trinajstić information content (AvgIpc) is 3.31. The molecule has 1 aromatic heterocycles. The standard InChI is InChI=1S/C24H29N3O4S2/c1-27(2)15-16-31-21-9-5-19(6-10-21)18-25-24(28)20-7-11-23(12-8-20)33(29,30)26-14-13-22-4-3-17-32-22/h3-12,17,26H,13-16,18H2,1-2H3,(H,25,28). The summed E-state index contributed by atoms with van der Waals surface area (Å²) in [6.45, 7) is 2.13. The molecule has 0 saturated carbocycles. The van der Waals surface area contributed by atoms with Crippen molar-refractivity contribution in [3.05, 3.63) is 82.0 Å². The minimum Gasteiger partial charge on any atom is -0.492 e. The minimum absolute atomic E-state index is 0.134. The normalized spacial score (nSPS) is 11.5. The summed E-state index contributed by atoms with van der Waals surface area (Å²) in [5.74, 6) is 0.517. The van der Waals surface area contributed by atoms with Crippen LogP contribution in [0.1, 0.15) is 20.8 Å². The van der Waals surface area contributed by atoms with Crippen LogP contribution in [0.2, 0.25) is 0 Å². The highest BCUT2D eigenvalue weighted by Crippen LogP contribution is 2.14. The second-order valence-corrected chi connectivity index (χ2v) is 10.5. The topological polar surface area (TPSA) is 87.7 Å². The van der Waals surface area contributed by atoms with Crippen LogP contribution in [0.15, 0.2) is 70.9 Å². The van der Waals surface area contributed by atoms with E-state index in [0.29, 0.717) is 31.7 Å². The molecule has 0 atom stereocenters. The maximum atomic E-state index is 12.5. The Kier molecular flexibility index (Phi) is 9.02. The van der Waals surface area contributed by atoms with E-state index in [2.05, 4.69) is 14.9 Å². The molecule has 0 radical (unpaired) electrons. The predicted octanol–water partition coefficient (Wildman–Crippen LogP) is 3.14. The Morgan fingerprint density at radius 3 is 2.39 bits per heavy atom. The van der Waals surface area contributed by atoms with Gasteiger partial charge >= 0.3 is 0 Å². The van der Waals surface area contributed by atoms with Crippen LogP contribution in [-0.2, 0) is 23.0 Å². The van der Waals surface area contributed by atoms with Crippen LogP contribution >= 0.6 is 11.3 Å². The zero-order valence-corrected chi connectivity index (χ0v) is 20.4. The van der Waals surface area contributed by atoms with Crippen LogP contribution in [0.4, 0.5) is 0 Å². The van der Waals surface area contributed by atoms with E-state index < -0.39 is 10.0 Å². The molecule has 176 valence electrons. The zero-order valence-electron chi connectivity index (χ0n) is 18.8. The Balaban J connectivity index is 1.47. The van der Waals surface area contributed by atoms with Gasteiger partial charge in [0.25, 0.3) is 5.91 Å². The predicted molar refractivity (Wildman–Crippen MR) is 131 cm³/mol. The maximum Gasteiger partial charge on any atom is 0.251 e. The fourth-order valence-electron chi connectivity index (χ4n) is 2.97. The lowest BCUT2D eigenvalue weighted by molar-refractivity contribution is 0.0951. The van der Waals surface area contributed by atoms with Crippen LogP contribution in [0.25, 0.3) is 0 Å². The summed E-state index contributed by atoms with van der Waals surface area (Å²) in [4.78, 5) is 15.8. The van der Waals surface area contributed by atoms with Crippen molar-refractivity contribution < 1.29 is 17.9 Å². The van der Waals surface area contributed by atoms with Gasteiger partial charge in [-0.15, -0.1) is 11.3 Å². The van der Waals surface area contributed by atoms with Gasteiger partial charge in [-0.2, -0.15) is 0 Å². The molecule has 2 N–H and O–H groups in total. The molecule has 0 spiro atoms. The molecule has 2 aromatic carbocycles. The molecule has 0 aliphatic heterocycles. The van der Waals surface area contributed by atoms with E-state index in [1.54, 1.807) is 11.3 Å². The van der Waals surface area contributed by atoms with Gasteiger partial charge in [0.05, 0.1) is 4.90 Å². The Hall–Kier alpha value is -2.72. The largest absolute Gasteiger partial charge is 0.492 e. The number of hydrogen-bond donors (Lipinski definition) is 2. The van der Waals surface area contributed by atoms with E-state index in [4.69, 9.17) is 4.74 Å². The zero-order chi connectivity index (χ0) is 23.7. The summed E-state index contributed by atoms with van der Waals surface area (Å²) in [7, 11) is 0.366. The second kappa shape index (κ2) is 11.9. The molecule has 3 aromatic rings. The molecule has 0 aliphatic rings. The fraction of sp³-hybridized carbons (Fsp3) is 0.292. The van der Waals surface area contributed by atoms with E-state index in [1.165, 1.54) is 24.3 Å². The average molecular weight is 488 g/mol. The summed E-state index contributed by atoms with van der Waals surface area (Å²) in [5, 5.41) is 4.81. The van der Waals surface area contributed by atoms with E-state index in [9.17, 15) is 13.2 Å². The van der Waals surface area contributed by atoms with Crippen molar-refractivity contribution in [1.29, 1.82) is 0 Å². The molecule has 0 aliphatic carbocycles. The van der Waals surface area contributed by atoms with Gasteiger partial charge < -0.3 is 15.0 Å². The molecule has 1 heterocycles. The summed E-state index contributed by atoms with van der Waals surface area (Å²) in [5.41, 5.74) is 1.34. The van der Waals surface area contributed by atoms with Gasteiger partial charge in [0.1, 0.15) is 12.4 Å². The molecule has 0 unspecified atom stereocenters. The summed E-state index contributed by atoms with van der Waals surface area (Å²) in [6.07, 6.45) is 0.639. The summed E-state index contributed by atoms with van der Waals surface area (Å²) < 4.78 is 33.2. The van der Waals surface area contributed by atoms with Gasteiger partial charge in [-0.1, -0.05) is 18.2 Å². The van der Waals surface area contributed by atoms with E-state index in [1.807, 2.05) is 55.9 Å². The molecule has 7 nitrogen and oxygen atoms in total. The number of amides is 1. The van der Waals surface area contributed by atoms with Crippen molar-refractivity contribution in [3.63, 3.8) is 0 Å². The molecular weight excluding hydrogens is 458 g/mol. The number of nitrogens with one attached hydrogen (secondary N) is 2. The maximum absolute atomic E-state index is 12.5. The van der Waals surface area contributed by atoms with Crippen molar-refractivity contribution >= 4 is 27.3 Å². The first-order valence-electron chi connectivity index (χ1n) is 10.6. The molecule has 0 bridgehead atoms. The van der Waals surface area contributed by atoms with Gasteiger partial charge in [0, 0.05) is 30.1 Å². The number of rotatable bonds is 12. The molecule has 0 saturated heterocycles. The first kappa shape index (κ1) is 24.9. The number of carbonyl (C=O) groups excluding carboxylic acids is 1. The van der Waals surface area contributed by atoms with Crippen LogP contribution in [0, 0.1) is 0 Å². The number of carbonyl (C=O) groups is 1. The van der Waals surface area contributed by atoms with Gasteiger partial charge in [-0.3, -0.25) is 4.79 Å². The number of ether oxygens (including phenoxy) is 1. The van der Waals surface area contributed by atoms with Crippen molar-refractivity contribution in [2.24, 2.45) is 0 Å². The number of likely N-dealkylation sites (N-methyl/N-ethyl adjacent to an activating group) is 1. The van der Waals surface area contributed by atoms with Gasteiger partial charge in [-0.05, 0) is 73.9 Å². The molecule has 1 amide bonds. The highest BCUT2D eigenvalue weighted by molar-refractivity contribution is 7.89. The minimum atomic E-state index is -3.62. The van der Waals surface area contributed by atoms with E-state index >= 15 is 0 Å². The van der Waals surface area contributed by atoms with Gasteiger partial charge in [-0.25, -0.2) is 13.1 Å². The van der Waals surface area contributed by atoms with Crippen molar-refractivity contribution in [2.45, 2.75) is 17.9 Å². The first-order valence-corrected chi connectivity index (χ1v) is 13.0. The van der Waals surface area contributed by atoms with Crippen molar-refractivity contribution in [1.82, 2.24) is 14.9 Å². The quantitative estimate of drug-likeness (QED) is 0.410. The van der Waals surface area contributed by atoms with Gasteiger partial charge in [0.15, 0.2) is 0 Å². The molecular formula is C24H29N3O4S2. The lowest BCUT2D eigenvalue weighted by Gasteiger charge is -2.11. The van der Waals surface area contributed by atoms with E-state index in [-0.39, 0.29) is 10.8 Å². The van der Waals surface area contributed by atoms with Gasteiger partial charge in [0.2, 0.25) is 10.0 Å². The molecule has 3 rings (SSSR count). The Bertz CT molecular complexity index is 1110. The highest BCUT2D eigenvalue weighted by atomic mass is 32.2. The molecule has 0 fully saturated rings. The van der Waals surface area contributed by atoms with Crippen LogP contribution in [-0.4, -0.2) is 53.0 Å². The Morgan fingerprint density at radius 2 is 1.76 bits per heavy atom. The lowest BCUT2D eigenvalue weighted by Crippen LogP contribution is -2.26. The SMILES string of the molecule is CN(C)CCOc1ccc(CNC(=O)c2ccc(S(=O)(=O)NCCc3cccs3)cc2)cc1. The number of thiophene rings is 1. The van der Waals surface area contributed by atoms with E-state index in [0.717, 1.165) is 22.7 Å². The monoisotopic (exact) mass is 487 g/mol. The van der Waals surface area contributed by atoms with Crippen LogP contribution < -0.4 is 14.8 Å². The number of hydrogen-bond acceptors (Lipinski definition) is 6. The number of nitrogens with zero attached hydrogens (tertiary/aromatic N) is 1. The number of benzene rings is 2. The highest BCUT2D eigenvalue weighted by Gasteiger charge is 2.14. The van der Waals surface area contributed by atoms with Crippen LogP contribution in [0.5, 0.6) is 5.75 Å². The molecule has 33 heavy (non-hydrogen) atoms. The Morgan fingerprint density at radius 1 is 1.03 bits per heavy atom. The smallest absolute Gasteiger partial charge is 0.251 e. The fourth-order valence-corrected chi connectivity index (χ4v) is 4.71. The van der Waals surface area contributed by atoms with Crippen LogP contribution in [0.3, 0.4) is 0 Å². The molecule has 9 heteroatoms. The third-order valence-corrected chi connectivity index (χ3v) is 7.27. The second-order valence-electron chi connectivity index (χ2n) is 7.73. The van der Waals surface area contributed by atoms with Crippen molar-refractivity contribution in [2.75, 3.05) is 33.8 Å².